The van der Waals surface area contributed by atoms with Gasteiger partial charge in [0.15, 0.2) is 5.13 Å². The summed E-state index contributed by atoms with van der Waals surface area (Å²) < 4.78 is 0. The van der Waals surface area contributed by atoms with E-state index >= 15 is 0 Å². The topological polar surface area (TPSA) is 96.3 Å². The summed E-state index contributed by atoms with van der Waals surface area (Å²) in [6.45, 7) is 7.18. The highest BCUT2D eigenvalue weighted by Gasteiger charge is 2.18. The molecule has 3 heterocycles. The number of piperazine rings is 1. The number of amides is 1. The first kappa shape index (κ1) is 18.8. The molecule has 0 atom stereocenters. The Morgan fingerprint density at radius 3 is 3.00 bits per heavy atom. The first-order chi connectivity index (χ1) is 12.7. The fourth-order valence-corrected chi connectivity index (χ4v) is 4.08. The van der Waals surface area contributed by atoms with Crippen LogP contribution in [0.1, 0.15) is 10.6 Å². The number of rotatable bonds is 6. The van der Waals surface area contributed by atoms with Crippen molar-refractivity contribution >= 4 is 22.4 Å². The van der Waals surface area contributed by atoms with Gasteiger partial charge in [-0.15, -0.1) is 11.3 Å². The SMILES string of the molecule is CN1CCc2nc(N/C=C(/C#N)C(=O)NCCN3CCNCC3)sc2C1. The standard InChI is InChI=1S/C17H25N7OS/c1-23-6-2-14-15(12-23)26-17(22-14)21-11-13(10-18)16(25)20-5-9-24-7-3-19-4-8-24/h11,19H,2-9,12H2,1H3,(H,20,25)(H,21,22)/b13-11-. The highest BCUT2D eigenvalue weighted by Crippen LogP contribution is 2.27. The molecule has 0 unspecified atom stereocenters. The van der Waals surface area contributed by atoms with Crippen LogP contribution in [0.15, 0.2) is 11.8 Å². The van der Waals surface area contributed by atoms with Crippen LogP contribution in [0.25, 0.3) is 0 Å². The summed E-state index contributed by atoms with van der Waals surface area (Å²) in [6, 6.07) is 1.96. The molecule has 9 heteroatoms. The number of thiazole rings is 1. The van der Waals surface area contributed by atoms with Crippen LogP contribution in [-0.2, 0) is 17.8 Å². The Hall–Kier alpha value is -1.99. The van der Waals surface area contributed by atoms with Gasteiger partial charge in [0.2, 0.25) is 0 Å². The van der Waals surface area contributed by atoms with Gasteiger partial charge in [-0.05, 0) is 7.05 Å². The number of nitrogens with zero attached hydrogens (tertiary/aromatic N) is 4. The van der Waals surface area contributed by atoms with Crippen molar-refractivity contribution in [2.75, 3.05) is 58.2 Å². The Kier molecular flexibility index (Phi) is 6.57. The second kappa shape index (κ2) is 9.09. The Bertz CT molecular complexity index is 702. The molecule has 1 amide bonds. The molecular weight excluding hydrogens is 350 g/mol. The summed E-state index contributed by atoms with van der Waals surface area (Å²) >= 11 is 1.58. The van der Waals surface area contributed by atoms with Gasteiger partial charge in [0, 0.05) is 69.9 Å². The quantitative estimate of drug-likeness (QED) is 0.475. The van der Waals surface area contributed by atoms with Crippen LogP contribution in [0.4, 0.5) is 5.13 Å². The summed E-state index contributed by atoms with van der Waals surface area (Å²) in [4.78, 5) is 22.5. The molecule has 0 aromatic carbocycles. The molecule has 0 spiro atoms. The van der Waals surface area contributed by atoms with Gasteiger partial charge in [-0.2, -0.15) is 5.26 Å². The number of nitriles is 1. The van der Waals surface area contributed by atoms with E-state index in [1.54, 1.807) is 11.3 Å². The van der Waals surface area contributed by atoms with E-state index < -0.39 is 0 Å². The number of fused-ring (bicyclic) bond motifs is 1. The molecule has 1 fully saturated rings. The molecule has 8 nitrogen and oxygen atoms in total. The molecule has 3 N–H and O–H groups in total. The second-order valence-electron chi connectivity index (χ2n) is 6.54. The van der Waals surface area contributed by atoms with Gasteiger partial charge in [-0.3, -0.25) is 9.69 Å². The first-order valence-corrected chi connectivity index (χ1v) is 9.72. The maximum absolute atomic E-state index is 12.2. The van der Waals surface area contributed by atoms with Gasteiger partial charge in [0.1, 0.15) is 11.6 Å². The number of aromatic nitrogens is 1. The molecule has 1 aromatic rings. The summed E-state index contributed by atoms with van der Waals surface area (Å²) in [5.74, 6) is -0.351. The molecule has 0 radical (unpaired) electrons. The highest BCUT2D eigenvalue weighted by atomic mass is 32.1. The van der Waals surface area contributed by atoms with Crippen LogP contribution in [0.5, 0.6) is 0 Å². The molecule has 1 aromatic heterocycles. The van der Waals surface area contributed by atoms with Gasteiger partial charge in [-0.25, -0.2) is 4.98 Å². The van der Waals surface area contributed by atoms with Crippen molar-refractivity contribution < 1.29 is 4.79 Å². The summed E-state index contributed by atoms with van der Waals surface area (Å²) in [5, 5.41) is 19.1. The minimum absolute atomic E-state index is 0.0654. The Morgan fingerprint density at radius 1 is 1.42 bits per heavy atom. The lowest BCUT2D eigenvalue weighted by atomic mass is 10.2. The minimum Gasteiger partial charge on any atom is -0.350 e. The lowest BCUT2D eigenvalue weighted by Gasteiger charge is -2.27. The van der Waals surface area contributed by atoms with E-state index in [4.69, 9.17) is 0 Å². The normalized spacial score (nSPS) is 18.8. The number of nitrogens with one attached hydrogen (secondary N) is 3. The van der Waals surface area contributed by atoms with Crippen molar-refractivity contribution in [3.8, 4) is 6.07 Å². The molecular formula is C17H25N7OS. The van der Waals surface area contributed by atoms with Crippen molar-refractivity contribution in [3.05, 3.63) is 22.3 Å². The zero-order chi connectivity index (χ0) is 18.4. The van der Waals surface area contributed by atoms with E-state index in [1.165, 1.54) is 11.1 Å². The van der Waals surface area contributed by atoms with E-state index in [2.05, 4.69) is 37.8 Å². The van der Waals surface area contributed by atoms with Crippen LogP contribution in [0, 0.1) is 11.3 Å². The van der Waals surface area contributed by atoms with Crippen LogP contribution >= 0.6 is 11.3 Å². The predicted molar refractivity (Wildman–Crippen MR) is 102 cm³/mol. The van der Waals surface area contributed by atoms with Crippen molar-refractivity contribution in [3.63, 3.8) is 0 Å². The zero-order valence-electron chi connectivity index (χ0n) is 15.0. The summed E-state index contributed by atoms with van der Waals surface area (Å²) in [5.41, 5.74) is 1.18. The summed E-state index contributed by atoms with van der Waals surface area (Å²) in [6.07, 6.45) is 2.39. The number of hydrogen-bond acceptors (Lipinski definition) is 8. The van der Waals surface area contributed by atoms with E-state index in [0.29, 0.717) is 6.54 Å². The largest absolute Gasteiger partial charge is 0.350 e. The molecule has 140 valence electrons. The summed E-state index contributed by atoms with van der Waals surface area (Å²) in [7, 11) is 2.09. The highest BCUT2D eigenvalue weighted by molar-refractivity contribution is 7.15. The van der Waals surface area contributed by atoms with Crippen molar-refractivity contribution in [2.24, 2.45) is 0 Å². The fraction of sp³-hybridized carbons (Fsp3) is 0.588. The maximum atomic E-state index is 12.2. The molecule has 0 bridgehead atoms. The lowest BCUT2D eigenvalue weighted by Crippen LogP contribution is -2.46. The van der Waals surface area contributed by atoms with E-state index in [-0.39, 0.29) is 11.5 Å². The zero-order valence-corrected chi connectivity index (χ0v) is 15.9. The van der Waals surface area contributed by atoms with Crippen LogP contribution in [0.3, 0.4) is 0 Å². The third-order valence-electron chi connectivity index (χ3n) is 4.55. The van der Waals surface area contributed by atoms with Crippen LogP contribution in [0.2, 0.25) is 0 Å². The van der Waals surface area contributed by atoms with E-state index in [9.17, 15) is 10.1 Å². The second-order valence-corrected chi connectivity index (χ2v) is 7.62. The molecule has 1 saturated heterocycles. The van der Waals surface area contributed by atoms with Crippen molar-refractivity contribution in [2.45, 2.75) is 13.0 Å². The van der Waals surface area contributed by atoms with Crippen LogP contribution in [-0.4, -0.2) is 73.6 Å². The number of hydrogen-bond donors (Lipinski definition) is 3. The lowest BCUT2D eigenvalue weighted by molar-refractivity contribution is -0.117. The molecule has 3 rings (SSSR count). The number of carbonyl (C=O) groups is 1. The third kappa shape index (κ3) is 5.02. The predicted octanol–water partition coefficient (Wildman–Crippen LogP) is -0.0282. The van der Waals surface area contributed by atoms with Gasteiger partial charge in [0.25, 0.3) is 5.91 Å². The Morgan fingerprint density at radius 2 is 2.23 bits per heavy atom. The van der Waals surface area contributed by atoms with Crippen molar-refractivity contribution in [1.82, 2.24) is 25.4 Å². The Balaban J connectivity index is 1.49. The van der Waals surface area contributed by atoms with Gasteiger partial charge in [-0.1, -0.05) is 0 Å². The van der Waals surface area contributed by atoms with E-state index in [0.717, 1.165) is 63.1 Å². The number of anilines is 1. The monoisotopic (exact) mass is 375 g/mol. The average molecular weight is 376 g/mol. The third-order valence-corrected chi connectivity index (χ3v) is 5.56. The fourth-order valence-electron chi connectivity index (χ4n) is 3.02. The maximum Gasteiger partial charge on any atom is 0.263 e. The van der Waals surface area contributed by atoms with Crippen molar-refractivity contribution in [1.29, 1.82) is 5.26 Å². The molecule has 2 aliphatic heterocycles. The molecule has 2 aliphatic rings. The van der Waals surface area contributed by atoms with Gasteiger partial charge >= 0.3 is 0 Å². The molecule has 0 aliphatic carbocycles. The van der Waals surface area contributed by atoms with Gasteiger partial charge in [0.05, 0.1) is 5.69 Å². The Labute approximate surface area is 157 Å². The smallest absolute Gasteiger partial charge is 0.263 e. The molecule has 0 saturated carbocycles. The van der Waals surface area contributed by atoms with Gasteiger partial charge < -0.3 is 20.9 Å². The average Bonchev–Trinajstić information content (AvgIpc) is 3.05. The minimum atomic E-state index is -0.351. The first-order valence-electron chi connectivity index (χ1n) is 8.91. The number of likely N-dealkylation sites (N-methyl/N-ethyl adjacent to an activating group) is 1. The molecule has 26 heavy (non-hydrogen) atoms. The van der Waals surface area contributed by atoms with Crippen LogP contribution < -0.4 is 16.0 Å². The number of carbonyl (C=O) groups excluding carboxylic acids is 1. The van der Waals surface area contributed by atoms with E-state index in [1.807, 2.05) is 6.07 Å².